The number of rotatable bonds is 3. The van der Waals surface area contributed by atoms with Crippen molar-refractivity contribution in [3.63, 3.8) is 0 Å². The van der Waals surface area contributed by atoms with Crippen molar-refractivity contribution in [3.05, 3.63) is 11.9 Å². The number of likely N-dealkylation sites (tertiary alicyclic amines) is 1. The molecule has 0 bridgehead atoms. The van der Waals surface area contributed by atoms with E-state index in [1.807, 2.05) is 0 Å². The van der Waals surface area contributed by atoms with Gasteiger partial charge in [0.15, 0.2) is 5.69 Å². The van der Waals surface area contributed by atoms with Crippen LogP contribution in [0.4, 0.5) is 13.2 Å². The number of aromatic nitrogens is 3. The highest BCUT2D eigenvalue weighted by molar-refractivity contribution is 5.92. The molecule has 0 saturated carbocycles. The number of aliphatic carboxylic acids is 1. The molecule has 1 aromatic rings. The van der Waals surface area contributed by atoms with Gasteiger partial charge in [-0.15, -0.1) is 5.10 Å². The van der Waals surface area contributed by atoms with Crippen LogP contribution in [0.1, 0.15) is 23.3 Å². The van der Waals surface area contributed by atoms with E-state index in [0.717, 1.165) is 4.68 Å². The van der Waals surface area contributed by atoms with Crippen LogP contribution >= 0.6 is 0 Å². The minimum Gasteiger partial charge on any atom is -0.480 e. The van der Waals surface area contributed by atoms with E-state index >= 15 is 0 Å². The van der Waals surface area contributed by atoms with E-state index in [1.54, 1.807) is 0 Å². The Morgan fingerprint density at radius 3 is 2.48 bits per heavy atom. The molecule has 1 fully saturated rings. The molecule has 0 aromatic carbocycles. The molecule has 21 heavy (non-hydrogen) atoms. The van der Waals surface area contributed by atoms with Crippen molar-refractivity contribution < 1.29 is 27.9 Å². The van der Waals surface area contributed by atoms with Crippen molar-refractivity contribution in [3.8, 4) is 0 Å². The Balaban J connectivity index is 1.96. The highest BCUT2D eigenvalue weighted by atomic mass is 19.4. The van der Waals surface area contributed by atoms with Gasteiger partial charge in [-0.05, 0) is 12.8 Å². The second kappa shape index (κ2) is 5.70. The van der Waals surface area contributed by atoms with Crippen LogP contribution in [0.2, 0.25) is 0 Å². The summed E-state index contributed by atoms with van der Waals surface area (Å²) in [6.07, 6.45) is -3.34. The topological polar surface area (TPSA) is 88.3 Å². The summed E-state index contributed by atoms with van der Waals surface area (Å²) in [6, 6.07) is 0. The molecular formula is C11H13F3N4O3. The third-order valence-corrected chi connectivity index (χ3v) is 3.30. The van der Waals surface area contributed by atoms with Crippen LogP contribution in [-0.4, -0.2) is 56.1 Å². The van der Waals surface area contributed by atoms with Crippen LogP contribution in [-0.2, 0) is 11.3 Å². The molecule has 0 aliphatic carbocycles. The van der Waals surface area contributed by atoms with Crippen LogP contribution in [0.5, 0.6) is 0 Å². The number of carbonyl (C=O) groups excluding carboxylic acids is 1. The van der Waals surface area contributed by atoms with Gasteiger partial charge < -0.3 is 10.0 Å². The first-order valence-electron chi connectivity index (χ1n) is 6.25. The van der Waals surface area contributed by atoms with E-state index in [2.05, 4.69) is 10.3 Å². The van der Waals surface area contributed by atoms with Crippen LogP contribution in [0, 0.1) is 5.92 Å². The molecule has 1 saturated heterocycles. The molecule has 1 aliphatic heterocycles. The first kappa shape index (κ1) is 15.3. The fraction of sp³-hybridized carbons (Fsp3) is 0.636. The summed E-state index contributed by atoms with van der Waals surface area (Å²) in [7, 11) is 0. The summed E-state index contributed by atoms with van der Waals surface area (Å²) in [5.74, 6) is -3.05. The molecule has 10 heteroatoms. The summed E-state index contributed by atoms with van der Waals surface area (Å²) in [4.78, 5) is 23.8. The third kappa shape index (κ3) is 3.70. The lowest BCUT2D eigenvalue weighted by Gasteiger charge is -2.32. The zero-order chi connectivity index (χ0) is 15.6. The minimum absolute atomic E-state index is 0.00516. The van der Waals surface area contributed by atoms with E-state index in [0.29, 0.717) is 0 Å². The lowest BCUT2D eigenvalue weighted by Crippen LogP contribution is -2.42. The number of carbonyl (C=O) groups is 2. The Labute approximate surface area is 117 Å². The van der Waals surface area contributed by atoms with Crippen molar-refractivity contribution in [1.82, 2.24) is 19.9 Å². The summed E-state index contributed by atoms with van der Waals surface area (Å²) < 4.78 is 38.6. The molecule has 1 amide bonds. The maximum absolute atomic E-state index is 12.5. The van der Waals surface area contributed by atoms with E-state index < -0.39 is 30.5 Å². The van der Waals surface area contributed by atoms with Crippen molar-refractivity contribution >= 4 is 11.9 Å². The lowest BCUT2D eigenvalue weighted by molar-refractivity contribution is -0.183. The fourth-order valence-electron chi connectivity index (χ4n) is 2.18. The Hall–Kier alpha value is -2.13. The van der Waals surface area contributed by atoms with E-state index in [4.69, 9.17) is 5.11 Å². The zero-order valence-corrected chi connectivity index (χ0v) is 10.9. The average Bonchev–Trinajstić information content (AvgIpc) is 2.84. The normalized spacial score (nSPS) is 17.0. The Kier molecular flexibility index (Phi) is 4.14. The molecule has 0 unspecified atom stereocenters. The van der Waals surface area contributed by atoms with Crippen molar-refractivity contribution in [2.45, 2.75) is 25.6 Å². The van der Waals surface area contributed by atoms with Gasteiger partial charge in [0, 0.05) is 13.1 Å². The molecule has 0 atom stereocenters. The Morgan fingerprint density at radius 2 is 1.95 bits per heavy atom. The van der Waals surface area contributed by atoms with Crippen LogP contribution < -0.4 is 0 Å². The lowest BCUT2D eigenvalue weighted by atomic mass is 9.96. The van der Waals surface area contributed by atoms with E-state index in [1.165, 1.54) is 11.1 Å². The number of piperidine rings is 1. The van der Waals surface area contributed by atoms with Gasteiger partial charge >= 0.3 is 12.1 Å². The summed E-state index contributed by atoms with van der Waals surface area (Å²) in [5.41, 5.74) is -0.0679. The maximum Gasteiger partial charge on any atom is 0.391 e. The maximum atomic E-state index is 12.5. The van der Waals surface area contributed by atoms with Crippen LogP contribution in [0.15, 0.2) is 6.20 Å². The first-order chi connectivity index (χ1) is 9.77. The monoisotopic (exact) mass is 306 g/mol. The predicted molar refractivity (Wildman–Crippen MR) is 62.3 cm³/mol. The summed E-state index contributed by atoms with van der Waals surface area (Å²) >= 11 is 0. The molecule has 1 N–H and O–H groups in total. The number of halogens is 3. The molecule has 1 aliphatic rings. The molecule has 2 rings (SSSR count). The minimum atomic E-state index is -4.24. The van der Waals surface area contributed by atoms with Gasteiger partial charge in [-0.2, -0.15) is 13.2 Å². The SMILES string of the molecule is O=C(O)Cn1cc(C(=O)N2CCC(C(F)(F)F)CC2)nn1. The number of carboxylic acids is 1. The number of hydrogen-bond acceptors (Lipinski definition) is 4. The molecule has 2 heterocycles. The number of alkyl halides is 3. The number of amides is 1. The number of nitrogens with zero attached hydrogens (tertiary/aromatic N) is 4. The third-order valence-electron chi connectivity index (χ3n) is 3.30. The van der Waals surface area contributed by atoms with Gasteiger partial charge in [0.25, 0.3) is 5.91 Å². The summed E-state index contributed by atoms with van der Waals surface area (Å²) in [6.45, 7) is -0.444. The molecule has 0 radical (unpaired) electrons. The van der Waals surface area contributed by atoms with Crippen molar-refractivity contribution in [2.75, 3.05) is 13.1 Å². The van der Waals surface area contributed by atoms with Crippen molar-refractivity contribution in [1.29, 1.82) is 0 Å². The number of hydrogen-bond donors (Lipinski definition) is 1. The van der Waals surface area contributed by atoms with Gasteiger partial charge in [0.05, 0.1) is 12.1 Å². The van der Waals surface area contributed by atoms with E-state index in [-0.39, 0.29) is 31.6 Å². The van der Waals surface area contributed by atoms with Gasteiger partial charge in [0.1, 0.15) is 6.54 Å². The molecule has 116 valence electrons. The number of carboxylic acid groups (broad SMARTS) is 1. The molecule has 1 aromatic heterocycles. The van der Waals surface area contributed by atoms with Crippen LogP contribution in [0.25, 0.3) is 0 Å². The second-order valence-electron chi connectivity index (χ2n) is 4.80. The second-order valence-corrected chi connectivity index (χ2v) is 4.80. The predicted octanol–water partition coefficient (Wildman–Crippen LogP) is 0.777. The van der Waals surface area contributed by atoms with Gasteiger partial charge in [-0.1, -0.05) is 5.21 Å². The largest absolute Gasteiger partial charge is 0.480 e. The summed E-state index contributed by atoms with van der Waals surface area (Å²) in [5, 5.41) is 15.6. The van der Waals surface area contributed by atoms with Gasteiger partial charge in [-0.25, -0.2) is 4.68 Å². The Morgan fingerprint density at radius 1 is 1.33 bits per heavy atom. The first-order valence-corrected chi connectivity index (χ1v) is 6.25. The van der Waals surface area contributed by atoms with E-state index in [9.17, 15) is 22.8 Å². The highest BCUT2D eigenvalue weighted by Crippen LogP contribution is 2.34. The Bertz CT molecular complexity index is 535. The molecule has 7 nitrogen and oxygen atoms in total. The average molecular weight is 306 g/mol. The highest BCUT2D eigenvalue weighted by Gasteiger charge is 2.41. The van der Waals surface area contributed by atoms with Gasteiger partial charge in [0.2, 0.25) is 0 Å². The molecular weight excluding hydrogens is 293 g/mol. The van der Waals surface area contributed by atoms with Crippen molar-refractivity contribution in [2.24, 2.45) is 5.92 Å². The fourth-order valence-corrected chi connectivity index (χ4v) is 2.18. The quantitative estimate of drug-likeness (QED) is 0.891. The smallest absolute Gasteiger partial charge is 0.391 e. The standard InChI is InChI=1S/C11H13F3N4O3/c12-11(13,14)7-1-3-17(4-2-7)10(21)8-5-18(16-15-8)6-9(19)20/h5,7H,1-4,6H2,(H,19,20). The zero-order valence-electron chi connectivity index (χ0n) is 10.9. The van der Waals surface area contributed by atoms with Gasteiger partial charge in [-0.3, -0.25) is 9.59 Å². The molecule has 0 spiro atoms. The van der Waals surface area contributed by atoms with Crippen LogP contribution in [0.3, 0.4) is 0 Å².